The monoisotopic (exact) mass is 559 g/mol. The Morgan fingerprint density at radius 2 is 1.00 bits per heavy atom. The van der Waals surface area contributed by atoms with Crippen LogP contribution in [0, 0.1) is 0 Å². The second-order valence-corrected chi connectivity index (χ2v) is 12.0. The molecule has 0 aliphatic rings. The number of unbranched alkanes of at least 4 members (excludes halogenated alkanes) is 1. The van der Waals surface area contributed by atoms with Crippen molar-refractivity contribution in [1.29, 1.82) is 0 Å². The number of hydrogen-bond acceptors (Lipinski definition) is 2. The van der Waals surface area contributed by atoms with Gasteiger partial charge >= 0.3 is 0 Å². The van der Waals surface area contributed by atoms with Crippen LogP contribution in [0.15, 0.2) is 146 Å². The van der Waals surface area contributed by atoms with Gasteiger partial charge in [0.05, 0.1) is 0 Å². The second kappa shape index (κ2) is 11.7. The van der Waals surface area contributed by atoms with Crippen LogP contribution in [-0.4, -0.2) is 0 Å². The molecule has 0 aliphatic carbocycles. The van der Waals surface area contributed by atoms with Gasteiger partial charge < -0.3 is 4.90 Å². The zero-order valence-electron chi connectivity index (χ0n) is 23.8. The molecule has 7 rings (SSSR count). The van der Waals surface area contributed by atoms with Crippen molar-refractivity contribution in [3.05, 3.63) is 151 Å². The van der Waals surface area contributed by atoms with Crippen LogP contribution in [0.3, 0.4) is 0 Å². The highest BCUT2D eigenvalue weighted by Gasteiger charge is 2.15. The van der Waals surface area contributed by atoms with Gasteiger partial charge in [-0.25, -0.2) is 0 Å². The fourth-order valence-corrected chi connectivity index (χ4v) is 6.92. The minimum Gasteiger partial charge on any atom is -0.310 e. The quantitative estimate of drug-likeness (QED) is 0.179. The molecule has 0 amide bonds. The molecule has 7 aromatic rings. The molecule has 0 spiro atoms. The van der Waals surface area contributed by atoms with Crippen molar-refractivity contribution in [2.75, 3.05) is 4.90 Å². The predicted octanol–water partition coefficient (Wildman–Crippen LogP) is 12.2. The third-order valence-corrected chi connectivity index (χ3v) is 9.22. The summed E-state index contributed by atoms with van der Waals surface area (Å²) in [6, 6.07) is 53.2. The number of anilines is 3. The van der Waals surface area contributed by atoms with E-state index in [0.29, 0.717) is 0 Å². The lowest BCUT2D eigenvalue weighted by Crippen LogP contribution is -2.09. The Hall–Kier alpha value is -4.66. The summed E-state index contributed by atoms with van der Waals surface area (Å²) < 4.78 is 2.63. The van der Waals surface area contributed by atoms with Gasteiger partial charge in [0.2, 0.25) is 0 Å². The average molecular weight is 560 g/mol. The van der Waals surface area contributed by atoms with Crippen LogP contribution in [0.5, 0.6) is 0 Å². The van der Waals surface area contributed by atoms with Gasteiger partial charge in [-0.1, -0.05) is 116 Å². The van der Waals surface area contributed by atoms with E-state index in [9.17, 15) is 0 Å². The third kappa shape index (κ3) is 5.22. The maximum absolute atomic E-state index is 2.37. The zero-order chi connectivity index (χ0) is 28.3. The summed E-state index contributed by atoms with van der Waals surface area (Å²) in [6.07, 6.45) is 3.62. The fourth-order valence-electron chi connectivity index (χ4n) is 5.78. The molecule has 1 heterocycles. The summed E-state index contributed by atoms with van der Waals surface area (Å²) >= 11 is 1.86. The molecule has 2 heteroatoms. The van der Waals surface area contributed by atoms with E-state index < -0.39 is 0 Å². The molecule has 1 nitrogen and oxygen atoms in total. The lowest BCUT2D eigenvalue weighted by Gasteiger charge is -2.26. The van der Waals surface area contributed by atoms with Gasteiger partial charge in [-0.15, -0.1) is 11.3 Å². The van der Waals surface area contributed by atoms with E-state index in [2.05, 4.69) is 157 Å². The van der Waals surface area contributed by atoms with Crippen molar-refractivity contribution >= 4 is 48.6 Å². The van der Waals surface area contributed by atoms with Crippen LogP contribution < -0.4 is 4.90 Å². The molecule has 0 aliphatic heterocycles. The molecule has 0 fully saturated rings. The number of hydrogen-bond donors (Lipinski definition) is 0. The maximum atomic E-state index is 2.37. The molecule has 204 valence electrons. The SMILES string of the molecule is CCCCc1ccc(-c2ccc(N(c3ccc(-c4ccccc4)cc3)c3ccc4c(c3)sc3ccccc34)cc2)cc1. The fraction of sp³-hybridized carbons (Fsp3) is 0.100. The minimum absolute atomic E-state index is 1.14. The Morgan fingerprint density at radius 1 is 0.476 bits per heavy atom. The van der Waals surface area contributed by atoms with Crippen LogP contribution in [0.4, 0.5) is 17.1 Å². The Morgan fingerprint density at radius 3 is 1.64 bits per heavy atom. The Labute approximate surface area is 252 Å². The van der Waals surface area contributed by atoms with Crippen LogP contribution in [-0.2, 0) is 6.42 Å². The molecular weight excluding hydrogens is 527 g/mol. The van der Waals surface area contributed by atoms with Crippen molar-refractivity contribution in [3.63, 3.8) is 0 Å². The smallest absolute Gasteiger partial charge is 0.0476 e. The normalized spacial score (nSPS) is 11.3. The summed E-state index contributed by atoms with van der Waals surface area (Å²) in [5, 5.41) is 2.64. The first-order chi connectivity index (χ1) is 20.8. The average Bonchev–Trinajstić information content (AvgIpc) is 3.43. The van der Waals surface area contributed by atoms with Crippen LogP contribution in [0.25, 0.3) is 42.4 Å². The number of thiophene rings is 1. The molecule has 42 heavy (non-hydrogen) atoms. The van der Waals surface area contributed by atoms with E-state index in [-0.39, 0.29) is 0 Å². The number of benzene rings is 6. The topological polar surface area (TPSA) is 3.24 Å². The number of rotatable bonds is 8. The van der Waals surface area contributed by atoms with E-state index in [4.69, 9.17) is 0 Å². The van der Waals surface area contributed by atoms with Crippen LogP contribution in [0.1, 0.15) is 25.3 Å². The number of aryl methyl sites for hydroxylation is 1. The molecular formula is C40H33NS. The molecule has 0 unspecified atom stereocenters. The summed E-state index contributed by atoms with van der Waals surface area (Å²) in [7, 11) is 0. The molecule has 0 bridgehead atoms. The van der Waals surface area contributed by atoms with Crippen molar-refractivity contribution in [2.45, 2.75) is 26.2 Å². The van der Waals surface area contributed by atoms with Crippen molar-refractivity contribution < 1.29 is 0 Å². The predicted molar refractivity (Wildman–Crippen MR) is 183 cm³/mol. The summed E-state index contributed by atoms with van der Waals surface area (Å²) in [5.74, 6) is 0. The Bertz CT molecular complexity index is 1930. The lowest BCUT2D eigenvalue weighted by atomic mass is 10.0. The van der Waals surface area contributed by atoms with Crippen LogP contribution >= 0.6 is 11.3 Å². The molecule has 0 saturated heterocycles. The molecule has 0 N–H and O–H groups in total. The van der Waals surface area contributed by atoms with Gasteiger partial charge in [-0.05, 0) is 83.1 Å². The molecule has 0 atom stereocenters. The molecule has 0 radical (unpaired) electrons. The van der Waals surface area contributed by atoms with E-state index in [1.807, 2.05) is 11.3 Å². The minimum atomic E-state index is 1.14. The standard InChI is InChI=1S/C40H33NS/c1-2-3-9-29-14-16-31(17-15-29)33-20-24-35(25-21-33)41(34-22-18-32(19-23-34)30-10-5-4-6-11-30)36-26-27-38-37-12-7-8-13-39(37)42-40(38)28-36/h4-8,10-28H,2-3,9H2,1H3. The van der Waals surface area contributed by atoms with E-state index in [1.165, 1.54) is 60.8 Å². The Kier molecular flexibility index (Phi) is 7.30. The first kappa shape index (κ1) is 26.3. The third-order valence-electron chi connectivity index (χ3n) is 8.08. The second-order valence-electron chi connectivity index (χ2n) is 10.9. The summed E-state index contributed by atoms with van der Waals surface area (Å²) in [5.41, 5.74) is 9.81. The zero-order valence-corrected chi connectivity index (χ0v) is 24.6. The number of fused-ring (bicyclic) bond motifs is 3. The highest BCUT2D eigenvalue weighted by molar-refractivity contribution is 7.25. The molecule has 6 aromatic carbocycles. The largest absolute Gasteiger partial charge is 0.310 e. The van der Waals surface area contributed by atoms with Gasteiger partial charge in [0.15, 0.2) is 0 Å². The summed E-state index contributed by atoms with van der Waals surface area (Å²) in [6.45, 7) is 2.25. The van der Waals surface area contributed by atoms with Gasteiger partial charge in [0, 0.05) is 37.2 Å². The van der Waals surface area contributed by atoms with Gasteiger partial charge in [0.25, 0.3) is 0 Å². The van der Waals surface area contributed by atoms with E-state index in [0.717, 1.165) is 23.5 Å². The van der Waals surface area contributed by atoms with E-state index >= 15 is 0 Å². The van der Waals surface area contributed by atoms with Crippen molar-refractivity contribution in [1.82, 2.24) is 0 Å². The number of nitrogens with zero attached hydrogens (tertiary/aromatic N) is 1. The van der Waals surface area contributed by atoms with Gasteiger partial charge in [0.1, 0.15) is 0 Å². The van der Waals surface area contributed by atoms with Crippen molar-refractivity contribution in [3.8, 4) is 22.3 Å². The van der Waals surface area contributed by atoms with E-state index in [1.54, 1.807) is 0 Å². The molecule has 0 saturated carbocycles. The highest BCUT2D eigenvalue weighted by Crippen LogP contribution is 2.41. The van der Waals surface area contributed by atoms with Crippen LogP contribution in [0.2, 0.25) is 0 Å². The lowest BCUT2D eigenvalue weighted by molar-refractivity contribution is 0.795. The summed E-state index contributed by atoms with van der Waals surface area (Å²) in [4.78, 5) is 2.37. The first-order valence-corrected chi connectivity index (χ1v) is 15.6. The first-order valence-electron chi connectivity index (χ1n) is 14.8. The molecule has 1 aromatic heterocycles. The Balaban J connectivity index is 1.27. The van der Waals surface area contributed by atoms with Gasteiger partial charge in [-0.3, -0.25) is 0 Å². The maximum Gasteiger partial charge on any atom is 0.0476 e. The highest BCUT2D eigenvalue weighted by atomic mass is 32.1. The van der Waals surface area contributed by atoms with Crippen molar-refractivity contribution in [2.24, 2.45) is 0 Å². The van der Waals surface area contributed by atoms with Gasteiger partial charge in [-0.2, -0.15) is 0 Å².